The van der Waals surface area contributed by atoms with Gasteiger partial charge in [0.2, 0.25) is 0 Å². The van der Waals surface area contributed by atoms with Crippen molar-refractivity contribution in [3.8, 4) is 0 Å². The van der Waals surface area contributed by atoms with E-state index in [0.717, 1.165) is 18.4 Å². The number of hydrogen-bond donors (Lipinski definition) is 2. The predicted octanol–water partition coefficient (Wildman–Crippen LogP) is 1.16. The molecule has 2 amide bonds. The monoisotopic (exact) mass is 296 g/mol. The van der Waals surface area contributed by atoms with Crippen molar-refractivity contribution in [1.29, 1.82) is 0 Å². The van der Waals surface area contributed by atoms with Crippen LogP contribution in [0, 0.1) is 23.7 Å². The summed E-state index contributed by atoms with van der Waals surface area (Å²) in [5.74, 6) is 0.737. The molecular formula is C15H24N2O4. The van der Waals surface area contributed by atoms with Crippen LogP contribution in [0.25, 0.3) is 0 Å². The molecule has 1 saturated heterocycles. The molecule has 5 unspecified atom stereocenters. The number of hydrogen-bond acceptors (Lipinski definition) is 3. The van der Waals surface area contributed by atoms with E-state index in [1.165, 1.54) is 30.6 Å². The third-order valence-electron chi connectivity index (χ3n) is 5.59. The highest BCUT2D eigenvalue weighted by Crippen LogP contribution is 2.47. The quantitative estimate of drug-likeness (QED) is 0.816. The number of nitrogens with zero attached hydrogens (tertiary/aromatic N) is 1. The van der Waals surface area contributed by atoms with Gasteiger partial charge < -0.3 is 20.1 Å². The SMILES string of the molecule is CN(C(=O)NCC1CC2CCC1C2)C1COCC1C(=O)O. The number of urea groups is 1. The fourth-order valence-corrected chi connectivity index (χ4v) is 4.28. The van der Waals surface area contributed by atoms with Gasteiger partial charge in [-0.1, -0.05) is 6.42 Å². The number of aliphatic carboxylic acids is 1. The van der Waals surface area contributed by atoms with Crippen LogP contribution in [0.4, 0.5) is 4.79 Å². The zero-order valence-corrected chi connectivity index (χ0v) is 12.5. The second-order valence-electron chi connectivity index (χ2n) is 6.78. The fraction of sp³-hybridized carbons (Fsp3) is 0.867. The van der Waals surface area contributed by atoms with Crippen LogP contribution in [-0.2, 0) is 9.53 Å². The Balaban J connectivity index is 1.49. The minimum atomic E-state index is -0.898. The average molecular weight is 296 g/mol. The van der Waals surface area contributed by atoms with E-state index in [1.807, 2.05) is 0 Å². The minimum absolute atomic E-state index is 0.181. The van der Waals surface area contributed by atoms with Gasteiger partial charge >= 0.3 is 12.0 Å². The molecule has 5 atom stereocenters. The third kappa shape index (κ3) is 2.86. The van der Waals surface area contributed by atoms with Crippen molar-refractivity contribution in [3.63, 3.8) is 0 Å². The molecule has 3 rings (SSSR count). The van der Waals surface area contributed by atoms with Gasteiger partial charge in [0.15, 0.2) is 0 Å². The smallest absolute Gasteiger partial charge is 0.317 e. The maximum absolute atomic E-state index is 12.2. The molecule has 1 heterocycles. The number of likely N-dealkylation sites (N-methyl/N-ethyl adjacent to an activating group) is 1. The average Bonchev–Trinajstić information content (AvgIpc) is 3.18. The van der Waals surface area contributed by atoms with Crippen LogP contribution in [0.15, 0.2) is 0 Å². The van der Waals surface area contributed by atoms with Crippen LogP contribution in [-0.4, -0.2) is 54.9 Å². The molecule has 3 aliphatic rings. The number of ether oxygens (including phenoxy) is 1. The van der Waals surface area contributed by atoms with Gasteiger partial charge in [0.1, 0.15) is 5.92 Å². The molecule has 6 nitrogen and oxygen atoms in total. The molecule has 2 aliphatic carbocycles. The Morgan fingerprint density at radius 3 is 2.71 bits per heavy atom. The Morgan fingerprint density at radius 1 is 1.29 bits per heavy atom. The Labute approximate surface area is 124 Å². The molecule has 1 aliphatic heterocycles. The number of carbonyl (C=O) groups excluding carboxylic acids is 1. The number of nitrogens with one attached hydrogen (secondary N) is 1. The first-order valence-corrected chi connectivity index (χ1v) is 7.87. The van der Waals surface area contributed by atoms with Crippen LogP contribution in [0.2, 0.25) is 0 Å². The Morgan fingerprint density at radius 2 is 2.10 bits per heavy atom. The van der Waals surface area contributed by atoms with Gasteiger partial charge in [-0.15, -0.1) is 0 Å². The van der Waals surface area contributed by atoms with E-state index in [4.69, 9.17) is 9.84 Å². The van der Waals surface area contributed by atoms with Crippen molar-refractivity contribution >= 4 is 12.0 Å². The number of carbonyl (C=O) groups is 2. The molecule has 0 aromatic carbocycles. The van der Waals surface area contributed by atoms with E-state index in [-0.39, 0.29) is 18.7 Å². The van der Waals surface area contributed by atoms with Gasteiger partial charge in [-0.25, -0.2) is 4.79 Å². The molecule has 6 heteroatoms. The van der Waals surface area contributed by atoms with Crippen molar-refractivity contribution in [2.75, 3.05) is 26.8 Å². The lowest BCUT2D eigenvalue weighted by molar-refractivity contribution is -0.142. The number of rotatable bonds is 4. The van der Waals surface area contributed by atoms with E-state index >= 15 is 0 Å². The highest BCUT2D eigenvalue weighted by molar-refractivity contribution is 5.77. The summed E-state index contributed by atoms with van der Waals surface area (Å²) in [6, 6.07) is -0.554. The van der Waals surface area contributed by atoms with Gasteiger partial charge in [0.05, 0.1) is 19.3 Å². The Bertz CT molecular complexity index is 428. The summed E-state index contributed by atoms with van der Waals surface area (Å²) >= 11 is 0. The lowest BCUT2D eigenvalue weighted by atomic mass is 9.89. The molecule has 21 heavy (non-hydrogen) atoms. The summed E-state index contributed by atoms with van der Waals surface area (Å²) in [6.45, 7) is 1.20. The maximum atomic E-state index is 12.2. The lowest BCUT2D eigenvalue weighted by Gasteiger charge is -2.28. The molecule has 2 bridgehead atoms. The van der Waals surface area contributed by atoms with E-state index in [1.54, 1.807) is 7.05 Å². The normalized spacial score (nSPS) is 37.7. The van der Waals surface area contributed by atoms with Gasteiger partial charge in [-0.3, -0.25) is 4.79 Å². The second-order valence-corrected chi connectivity index (χ2v) is 6.78. The van der Waals surface area contributed by atoms with Crippen molar-refractivity contribution in [2.45, 2.75) is 31.7 Å². The predicted molar refractivity (Wildman–Crippen MR) is 75.8 cm³/mol. The molecule has 2 saturated carbocycles. The van der Waals surface area contributed by atoms with E-state index in [9.17, 15) is 9.59 Å². The Kier molecular flexibility index (Phi) is 4.06. The molecule has 0 aromatic heterocycles. The van der Waals surface area contributed by atoms with E-state index in [2.05, 4.69) is 5.32 Å². The minimum Gasteiger partial charge on any atom is -0.481 e. The fourth-order valence-electron chi connectivity index (χ4n) is 4.28. The second kappa shape index (κ2) is 5.83. The van der Waals surface area contributed by atoms with Crippen molar-refractivity contribution in [2.24, 2.45) is 23.7 Å². The highest BCUT2D eigenvalue weighted by Gasteiger charge is 2.41. The summed E-state index contributed by atoms with van der Waals surface area (Å²) in [4.78, 5) is 24.9. The van der Waals surface area contributed by atoms with Gasteiger partial charge in [-0.05, 0) is 37.0 Å². The van der Waals surface area contributed by atoms with Gasteiger partial charge in [-0.2, -0.15) is 0 Å². The summed E-state index contributed by atoms with van der Waals surface area (Å²) in [7, 11) is 1.66. The maximum Gasteiger partial charge on any atom is 0.317 e. The summed E-state index contributed by atoms with van der Waals surface area (Å²) in [6.07, 6.45) is 5.22. The van der Waals surface area contributed by atoms with Crippen molar-refractivity contribution in [1.82, 2.24) is 10.2 Å². The Hall–Kier alpha value is -1.30. The molecule has 118 valence electrons. The molecular weight excluding hydrogens is 272 g/mol. The molecule has 0 radical (unpaired) electrons. The summed E-state index contributed by atoms with van der Waals surface area (Å²) in [5, 5.41) is 12.1. The number of fused-ring (bicyclic) bond motifs is 2. The van der Waals surface area contributed by atoms with Crippen molar-refractivity contribution in [3.05, 3.63) is 0 Å². The largest absolute Gasteiger partial charge is 0.481 e. The van der Waals surface area contributed by atoms with Crippen LogP contribution in [0.3, 0.4) is 0 Å². The molecule has 3 fully saturated rings. The molecule has 0 aromatic rings. The zero-order chi connectivity index (χ0) is 15.0. The third-order valence-corrected chi connectivity index (χ3v) is 5.59. The van der Waals surface area contributed by atoms with Crippen LogP contribution >= 0.6 is 0 Å². The van der Waals surface area contributed by atoms with Crippen LogP contribution < -0.4 is 5.32 Å². The molecule has 2 N–H and O–H groups in total. The molecule has 0 spiro atoms. The number of carboxylic acid groups (broad SMARTS) is 1. The van der Waals surface area contributed by atoms with Crippen molar-refractivity contribution < 1.29 is 19.4 Å². The first-order chi connectivity index (χ1) is 10.1. The van der Waals surface area contributed by atoms with Crippen LogP contribution in [0.5, 0.6) is 0 Å². The van der Waals surface area contributed by atoms with Crippen LogP contribution in [0.1, 0.15) is 25.7 Å². The number of carboxylic acids is 1. The van der Waals surface area contributed by atoms with E-state index < -0.39 is 11.9 Å². The topological polar surface area (TPSA) is 78.9 Å². The lowest BCUT2D eigenvalue weighted by Crippen LogP contribution is -2.49. The van der Waals surface area contributed by atoms with Gasteiger partial charge in [0, 0.05) is 13.6 Å². The highest BCUT2D eigenvalue weighted by atomic mass is 16.5. The van der Waals surface area contributed by atoms with E-state index in [0.29, 0.717) is 12.5 Å². The summed E-state index contributed by atoms with van der Waals surface area (Å²) in [5.41, 5.74) is 0. The van der Waals surface area contributed by atoms with Gasteiger partial charge in [0.25, 0.3) is 0 Å². The summed E-state index contributed by atoms with van der Waals surface area (Å²) < 4.78 is 5.22. The number of amides is 2. The standard InChI is InChI=1S/C15H24N2O4/c1-17(13-8-21-7-12(13)14(18)19)15(20)16-6-11-5-9-2-3-10(11)4-9/h9-13H,2-8H2,1H3,(H,16,20)(H,18,19). The first kappa shape index (κ1) is 14.6. The zero-order valence-electron chi connectivity index (χ0n) is 12.5. The first-order valence-electron chi connectivity index (χ1n) is 7.87.